The molecule has 0 N–H and O–H groups in total. The summed E-state index contributed by atoms with van der Waals surface area (Å²) in [6.07, 6.45) is 0. The molecule has 132 valence electrons. The van der Waals surface area contributed by atoms with E-state index in [-0.39, 0.29) is 12.5 Å². The van der Waals surface area contributed by atoms with Crippen LogP contribution < -0.4 is 9.64 Å². The van der Waals surface area contributed by atoms with Crippen molar-refractivity contribution in [1.82, 2.24) is 4.90 Å². The zero-order chi connectivity index (χ0) is 17.8. The highest BCUT2D eigenvalue weighted by Gasteiger charge is 2.22. The van der Waals surface area contributed by atoms with Crippen molar-refractivity contribution in [1.29, 1.82) is 0 Å². The lowest BCUT2D eigenvalue weighted by Crippen LogP contribution is -2.50. The van der Waals surface area contributed by atoms with Crippen molar-refractivity contribution in [2.75, 3.05) is 37.7 Å². The van der Waals surface area contributed by atoms with E-state index in [9.17, 15) is 4.79 Å². The molecule has 1 aliphatic heterocycles. The van der Waals surface area contributed by atoms with Gasteiger partial charge >= 0.3 is 0 Å². The summed E-state index contributed by atoms with van der Waals surface area (Å²) in [6.45, 7) is 2.89. The molecule has 2 aromatic carbocycles. The molecule has 1 aliphatic rings. The minimum atomic E-state index is -0.0207. The van der Waals surface area contributed by atoms with Gasteiger partial charge in [0.1, 0.15) is 5.75 Å². The first-order valence-electron chi connectivity index (χ1n) is 7.89. The molecule has 25 heavy (non-hydrogen) atoms. The highest BCUT2D eigenvalue weighted by molar-refractivity contribution is 9.10. The molecular formula is C18H17BrCl2N2O2. The number of carbonyl (C=O) groups is 1. The normalized spacial score (nSPS) is 14.5. The molecule has 7 heteroatoms. The van der Waals surface area contributed by atoms with E-state index in [4.69, 9.17) is 27.9 Å². The minimum absolute atomic E-state index is 0.0113. The number of ether oxygens (including phenoxy) is 1. The second kappa shape index (κ2) is 8.30. The van der Waals surface area contributed by atoms with Gasteiger partial charge in [-0.25, -0.2) is 0 Å². The zero-order valence-corrected chi connectivity index (χ0v) is 16.5. The van der Waals surface area contributed by atoms with Crippen LogP contribution in [0.4, 0.5) is 5.69 Å². The van der Waals surface area contributed by atoms with Gasteiger partial charge in [-0.05, 0) is 52.3 Å². The Morgan fingerprint density at radius 3 is 2.44 bits per heavy atom. The van der Waals surface area contributed by atoms with Gasteiger partial charge in [0, 0.05) is 41.9 Å². The van der Waals surface area contributed by atoms with E-state index in [1.54, 1.807) is 18.2 Å². The minimum Gasteiger partial charge on any atom is -0.483 e. The summed E-state index contributed by atoms with van der Waals surface area (Å²) in [7, 11) is 0. The van der Waals surface area contributed by atoms with Crippen molar-refractivity contribution in [3.63, 3.8) is 0 Å². The van der Waals surface area contributed by atoms with E-state index < -0.39 is 0 Å². The molecule has 1 fully saturated rings. The van der Waals surface area contributed by atoms with Crippen LogP contribution >= 0.6 is 39.1 Å². The van der Waals surface area contributed by atoms with Gasteiger partial charge in [-0.15, -0.1) is 0 Å². The maximum Gasteiger partial charge on any atom is 0.260 e. The molecule has 0 spiro atoms. The summed E-state index contributed by atoms with van der Waals surface area (Å²) in [4.78, 5) is 16.4. The molecule has 0 unspecified atom stereocenters. The van der Waals surface area contributed by atoms with Crippen LogP contribution in [0.2, 0.25) is 10.0 Å². The van der Waals surface area contributed by atoms with Gasteiger partial charge in [-0.3, -0.25) is 4.79 Å². The van der Waals surface area contributed by atoms with Crippen molar-refractivity contribution < 1.29 is 9.53 Å². The van der Waals surface area contributed by atoms with Crippen molar-refractivity contribution in [2.24, 2.45) is 0 Å². The number of rotatable bonds is 4. The van der Waals surface area contributed by atoms with Gasteiger partial charge in [-0.2, -0.15) is 0 Å². The SMILES string of the molecule is O=C(COc1ccc(Cl)cc1Br)N1CCN(c2cccc(Cl)c2)CC1. The van der Waals surface area contributed by atoms with Gasteiger partial charge in [0.15, 0.2) is 6.61 Å². The maximum absolute atomic E-state index is 12.4. The molecule has 2 aromatic rings. The fraction of sp³-hybridized carbons (Fsp3) is 0.278. The average Bonchev–Trinajstić information content (AvgIpc) is 2.61. The summed E-state index contributed by atoms with van der Waals surface area (Å²) < 4.78 is 6.34. The molecule has 0 radical (unpaired) electrons. The number of benzene rings is 2. The molecule has 1 heterocycles. The van der Waals surface area contributed by atoms with E-state index >= 15 is 0 Å². The van der Waals surface area contributed by atoms with Crippen molar-refractivity contribution in [3.8, 4) is 5.75 Å². The molecule has 0 bridgehead atoms. The third-order valence-corrected chi connectivity index (χ3v) is 5.14. The molecule has 0 aliphatic carbocycles. The van der Waals surface area contributed by atoms with Gasteiger partial charge in [0.25, 0.3) is 5.91 Å². The number of anilines is 1. The van der Waals surface area contributed by atoms with Crippen LogP contribution in [0, 0.1) is 0 Å². The van der Waals surface area contributed by atoms with E-state index in [2.05, 4.69) is 20.8 Å². The summed E-state index contributed by atoms with van der Waals surface area (Å²) >= 11 is 15.3. The summed E-state index contributed by atoms with van der Waals surface area (Å²) in [5.41, 5.74) is 1.08. The summed E-state index contributed by atoms with van der Waals surface area (Å²) in [6, 6.07) is 13.0. The van der Waals surface area contributed by atoms with Gasteiger partial charge in [0.05, 0.1) is 4.47 Å². The third kappa shape index (κ3) is 4.81. The molecule has 3 rings (SSSR count). The van der Waals surface area contributed by atoms with Crippen LogP contribution in [0.1, 0.15) is 0 Å². The van der Waals surface area contributed by atoms with E-state index in [1.165, 1.54) is 0 Å². The first-order chi connectivity index (χ1) is 12.0. The first-order valence-corrected chi connectivity index (χ1v) is 9.44. The van der Waals surface area contributed by atoms with Crippen LogP contribution in [0.3, 0.4) is 0 Å². The molecule has 1 saturated heterocycles. The molecule has 0 saturated carbocycles. The van der Waals surface area contributed by atoms with Gasteiger partial charge < -0.3 is 14.5 Å². The predicted molar refractivity (Wildman–Crippen MR) is 105 cm³/mol. The molecule has 0 atom stereocenters. The Morgan fingerprint density at radius 2 is 1.76 bits per heavy atom. The van der Waals surface area contributed by atoms with Crippen LogP contribution in [0.25, 0.3) is 0 Å². The summed E-state index contributed by atoms with van der Waals surface area (Å²) in [5, 5.41) is 1.33. The highest BCUT2D eigenvalue weighted by atomic mass is 79.9. The molecule has 1 amide bonds. The largest absolute Gasteiger partial charge is 0.483 e. The fourth-order valence-corrected chi connectivity index (χ4v) is 3.69. The number of piperazine rings is 1. The Bertz CT molecular complexity index is 764. The first kappa shape index (κ1) is 18.4. The quantitative estimate of drug-likeness (QED) is 0.698. The second-order valence-electron chi connectivity index (χ2n) is 5.71. The van der Waals surface area contributed by atoms with Gasteiger partial charge in [-0.1, -0.05) is 29.3 Å². The Kier molecular flexibility index (Phi) is 6.10. The Morgan fingerprint density at radius 1 is 1.04 bits per heavy atom. The van der Waals surface area contributed by atoms with Crippen LogP contribution in [0.15, 0.2) is 46.9 Å². The highest BCUT2D eigenvalue weighted by Crippen LogP contribution is 2.28. The van der Waals surface area contributed by atoms with Crippen molar-refractivity contribution in [3.05, 3.63) is 57.0 Å². The Balaban J connectivity index is 1.51. The zero-order valence-electron chi connectivity index (χ0n) is 13.4. The van der Waals surface area contributed by atoms with E-state index in [0.717, 1.165) is 28.3 Å². The van der Waals surface area contributed by atoms with Crippen molar-refractivity contribution >= 4 is 50.7 Å². The van der Waals surface area contributed by atoms with Crippen LogP contribution in [-0.4, -0.2) is 43.6 Å². The molecular weight excluding hydrogens is 427 g/mol. The van der Waals surface area contributed by atoms with Crippen molar-refractivity contribution in [2.45, 2.75) is 0 Å². The monoisotopic (exact) mass is 442 g/mol. The summed E-state index contributed by atoms with van der Waals surface area (Å²) in [5.74, 6) is 0.586. The number of hydrogen-bond donors (Lipinski definition) is 0. The molecule has 4 nitrogen and oxygen atoms in total. The fourth-order valence-electron chi connectivity index (χ4n) is 2.71. The predicted octanol–water partition coefficient (Wildman–Crippen LogP) is 4.48. The lowest BCUT2D eigenvalue weighted by atomic mass is 10.2. The van der Waals surface area contributed by atoms with E-state index in [0.29, 0.717) is 23.9 Å². The van der Waals surface area contributed by atoms with Crippen LogP contribution in [-0.2, 0) is 4.79 Å². The maximum atomic E-state index is 12.4. The molecule has 0 aromatic heterocycles. The van der Waals surface area contributed by atoms with Crippen LogP contribution in [0.5, 0.6) is 5.75 Å². The average molecular weight is 444 g/mol. The number of hydrogen-bond acceptors (Lipinski definition) is 3. The number of halogens is 3. The lowest BCUT2D eigenvalue weighted by molar-refractivity contribution is -0.133. The van der Waals surface area contributed by atoms with E-state index in [1.807, 2.05) is 29.2 Å². The second-order valence-corrected chi connectivity index (χ2v) is 7.44. The number of carbonyl (C=O) groups excluding carboxylic acids is 1. The lowest BCUT2D eigenvalue weighted by Gasteiger charge is -2.36. The Labute approximate surface area is 165 Å². The van der Waals surface area contributed by atoms with Gasteiger partial charge in [0.2, 0.25) is 0 Å². The third-order valence-electron chi connectivity index (χ3n) is 4.05. The smallest absolute Gasteiger partial charge is 0.260 e. The number of nitrogens with zero attached hydrogens (tertiary/aromatic N) is 2. The Hall–Kier alpha value is -1.43. The standard InChI is InChI=1S/C18H17BrCl2N2O2/c19-16-11-14(21)4-5-17(16)25-12-18(24)23-8-6-22(7-9-23)15-3-1-2-13(20)10-15/h1-5,10-11H,6-9,12H2. The topological polar surface area (TPSA) is 32.8 Å². The number of amides is 1.